The van der Waals surface area contributed by atoms with Crippen molar-refractivity contribution in [1.82, 2.24) is 10.1 Å². The lowest BCUT2D eigenvalue weighted by Gasteiger charge is -2.27. The monoisotopic (exact) mass is 328 g/mol. The van der Waals surface area contributed by atoms with E-state index in [0.717, 1.165) is 43.7 Å². The van der Waals surface area contributed by atoms with E-state index < -0.39 is 0 Å². The molecule has 1 saturated heterocycles. The first-order chi connectivity index (χ1) is 10.3. The fraction of sp³-hybridized carbons (Fsp3) is 0.867. The summed E-state index contributed by atoms with van der Waals surface area (Å²) < 4.78 is 5.47. The Kier molecular flexibility index (Phi) is 5.51. The summed E-state index contributed by atoms with van der Waals surface area (Å²) in [5.74, 6) is 4.25. The van der Waals surface area contributed by atoms with Gasteiger partial charge >= 0.3 is 0 Å². The standard InChI is InChI=1S/C15H24N2O2S2/c1-2-12-14(21-8-7-20-12)15-16-13(19-17-15)9-10-5-3-4-6-11(10)18/h10-12,14,18H,2-9H2,1H3. The average Bonchev–Trinajstić information content (AvgIpc) is 2.98. The van der Waals surface area contributed by atoms with Crippen molar-refractivity contribution in [3.63, 3.8) is 0 Å². The molecule has 1 aliphatic heterocycles. The molecule has 0 radical (unpaired) electrons. The van der Waals surface area contributed by atoms with Gasteiger partial charge in [-0.15, -0.1) is 11.8 Å². The van der Waals surface area contributed by atoms with Gasteiger partial charge in [-0.2, -0.15) is 16.7 Å². The summed E-state index contributed by atoms with van der Waals surface area (Å²) in [6.07, 6.45) is 6.01. The Morgan fingerprint density at radius 3 is 2.86 bits per heavy atom. The minimum atomic E-state index is -0.197. The van der Waals surface area contributed by atoms with Gasteiger partial charge in [0, 0.05) is 23.2 Å². The van der Waals surface area contributed by atoms with Gasteiger partial charge in [-0.25, -0.2) is 0 Å². The van der Waals surface area contributed by atoms with E-state index in [2.05, 4.69) is 17.1 Å². The van der Waals surface area contributed by atoms with E-state index in [9.17, 15) is 5.11 Å². The van der Waals surface area contributed by atoms with Crippen LogP contribution in [0.4, 0.5) is 0 Å². The van der Waals surface area contributed by atoms with E-state index >= 15 is 0 Å². The van der Waals surface area contributed by atoms with E-state index in [-0.39, 0.29) is 6.10 Å². The molecule has 21 heavy (non-hydrogen) atoms. The molecule has 1 N–H and O–H groups in total. The third kappa shape index (κ3) is 3.77. The van der Waals surface area contributed by atoms with E-state index in [4.69, 9.17) is 4.52 Å². The first-order valence-electron chi connectivity index (χ1n) is 8.01. The Hall–Kier alpha value is -0.200. The molecule has 1 aromatic rings. The number of hydrogen-bond donors (Lipinski definition) is 1. The lowest BCUT2D eigenvalue weighted by atomic mass is 9.84. The number of aliphatic hydroxyl groups is 1. The fourth-order valence-corrected chi connectivity index (χ4v) is 6.24. The second-order valence-corrected chi connectivity index (χ2v) is 8.57. The van der Waals surface area contributed by atoms with E-state index in [0.29, 0.717) is 22.3 Å². The van der Waals surface area contributed by atoms with E-state index in [1.54, 1.807) is 0 Å². The predicted octanol–water partition coefficient (Wildman–Crippen LogP) is 3.46. The van der Waals surface area contributed by atoms with Crippen molar-refractivity contribution in [3.05, 3.63) is 11.7 Å². The molecule has 0 spiro atoms. The molecule has 2 fully saturated rings. The Labute approximate surface area is 134 Å². The maximum atomic E-state index is 10.1. The van der Waals surface area contributed by atoms with Crippen LogP contribution in [-0.2, 0) is 6.42 Å². The van der Waals surface area contributed by atoms with Crippen LogP contribution in [0.3, 0.4) is 0 Å². The summed E-state index contributed by atoms with van der Waals surface area (Å²) in [7, 11) is 0. The van der Waals surface area contributed by atoms with E-state index in [1.165, 1.54) is 12.2 Å². The van der Waals surface area contributed by atoms with Crippen molar-refractivity contribution in [2.24, 2.45) is 5.92 Å². The molecule has 4 nitrogen and oxygen atoms in total. The van der Waals surface area contributed by atoms with Crippen LogP contribution < -0.4 is 0 Å². The van der Waals surface area contributed by atoms with Gasteiger partial charge < -0.3 is 9.63 Å². The molecule has 2 aliphatic rings. The predicted molar refractivity (Wildman–Crippen MR) is 87.7 cm³/mol. The molecule has 6 heteroatoms. The minimum Gasteiger partial charge on any atom is -0.393 e. The summed E-state index contributed by atoms with van der Waals surface area (Å²) in [5.41, 5.74) is 0. The van der Waals surface area contributed by atoms with Crippen LogP contribution in [0.25, 0.3) is 0 Å². The van der Waals surface area contributed by atoms with Crippen LogP contribution in [0.2, 0.25) is 0 Å². The molecule has 3 rings (SSSR count). The van der Waals surface area contributed by atoms with Crippen molar-refractivity contribution in [3.8, 4) is 0 Å². The zero-order valence-corrected chi connectivity index (χ0v) is 14.2. The first-order valence-corrected chi connectivity index (χ1v) is 10.1. The summed E-state index contributed by atoms with van der Waals surface area (Å²) >= 11 is 3.98. The maximum Gasteiger partial charge on any atom is 0.227 e. The molecule has 0 aromatic carbocycles. The van der Waals surface area contributed by atoms with Crippen molar-refractivity contribution in [2.45, 2.75) is 62.1 Å². The Bertz CT molecular complexity index is 455. The Morgan fingerprint density at radius 1 is 1.24 bits per heavy atom. The highest BCUT2D eigenvalue weighted by Crippen LogP contribution is 2.43. The van der Waals surface area contributed by atoms with Crippen molar-refractivity contribution >= 4 is 23.5 Å². The highest BCUT2D eigenvalue weighted by Gasteiger charge is 2.31. The molecule has 4 atom stereocenters. The van der Waals surface area contributed by atoms with Gasteiger partial charge in [0.2, 0.25) is 5.89 Å². The highest BCUT2D eigenvalue weighted by molar-refractivity contribution is 8.06. The van der Waals surface area contributed by atoms with Gasteiger partial charge in [0.05, 0.1) is 11.4 Å². The zero-order valence-electron chi connectivity index (χ0n) is 12.5. The Morgan fingerprint density at radius 2 is 2.05 bits per heavy atom. The third-order valence-electron chi connectivity index (χ3n) is 4.50. The van der Waals surface area contributed by atoms with Crippen molar-refractivity contribution in [2.75, 3.05) is 11.5 Å². The number of aliphatic hydroxyl groups excluding tert-OH is 1. The number of nitrogens with zero attached hydrogens (tertiary/aromatic N) is 2. The first kappa shape index (κ1) is 15.7. The van der Waals surface area contributed by atoms with E-state index in [1.807, 2.05) is 23.5 Å². The molecular formula is C15H24N2O2S2. The molecule has 0 amide bonds. The molecule has 0 bridgehead atoms. The quantitative estimate of drug-likeness (QED) is 0.913. The second-order valence-electron chi connectivity index (χ2n) is 5.97. The summed E-state index contributed by atoms with van der Waals surface area (Å²) in [5, 5.41) is 15.3. The lowest BCUT2D eigenvalue weighted by Crippen LogP contribution is -2.26. The van der Waals surface area contributed by atoms with Crippen LogP contribution in [0.1, 0.15) is 56.0 Å². The molecule has 4 unspecified atom stereocenters. The number of hydrogen-bond acceptors (Lipinski definition) is 6. The molecule has 1 saturated carbocycles. The van der Waals surface area contributed by atoms with Gasteiger partial charge in [0.15, 0.2) is 5.82 Å². The van der Waals surface area contributed by atoms with Crippen LogP contribution in [0, 0.1) is 5.92 Å². The van der Waals surface area contributed by atoms with Crippen LogP contribution in [-0.4, -0.2) is 38.1 Å². The van der Waals surface area contributed by atoms with Gasteiger partial charge in [-0.05, 0) is 25.2 Å². The zero-order chi connectivity index (χ0) is 14.7. The molecule has 1 aromatic heterocycles. The Balaban J connectivity index is 1.65. The highest BCUT2D eigenvalue weighted by atomic mass is 32.2. The summed E-state index contributed by atoms with van der Waals surface area (Å²) in [6.45, 7) is 2.23. The molecular weight excluding hydrogens is 304 g/mol. The summed E-state index contributed by atoms with van der Waals surface area (Å²) in [4.78, 5) is 4.64. The minimum absolute atomic E-state index is 0.197. The van der Waals surface area contributed by atoms with Gasteiger partial charge in [0.25, 0.3) is 0 Å². The lowest BCUT2D eigenvalue weighted by molar-refractivity contribution is 0.0657. The smallest absolute Gasteiger partial charge is 0.227 e. The average molecular weight is 329 g/mol. The molecule has 1 aliphatic carbocycles. The van der Waals surface area contributed by atoms with Crippen LogP contribution in [0.15, 0.2) is 4.52 Å². The van der Waals surface area contributed by atoms with Crippen molar-refractivity contribution < 1.29 is 9.63 Å². The normalized spacial score (nSPS) is 34.0. The number of thioether (sulfide) groups is 2. The fourth-order valence-electron chi connectivity index (χ4n) is 3.26. The van der Waals surface area contributed by atoms with Gasteiger partial charge in [0.1, 0.15) is 0 Å². The molecule has 2 heterocycles. The second kappa shape index (κ2) is 7.38. The maximum absolute atomic E-state index is 10.1. The largest absolute Gasteiger partial charge is 0.393 e. The van der Waals surface area contributed by atoms with Crippen LogP contribution in [0.5, 0.6) is 0 Å². The van der Waals surface area contributed by atoms with Gasteiger partial charge in [-0.1, -0.05) is 24.9 Å². The van der Waals surface area contributed by atoms with Crippen LogP contribution >= 0.6 is 23.5 Å². The molecule has 118 valence electrons. The SMILES string of the molecule is CCC1SCCSC1c1noc(CC2CCCCC2O)n1. The van der Waals surface area contributed by atoms with Gasteiger partial charge in [-0.3, -0.25) is 0 Å². The topological polar surface area (TPSA) is 59.2 Å². The number of aromatic nitrogens is 2. The number of rotatable bonds is 4. The summed E-state index contributed by atoms with van der Waals surface area (Å²) in [6, 6.07) is 0. The van der Waals surface area contributed by atoms with Crippen molar-refractivity contribution in [1.29, 1.82) is 0 Å². The third-order valence-corrected chi connectivity index (χ3v) is 7.74.